The topological polar surface area (TPSA) is 78.0 Å². The zero-order valence-corrected chi connectivity index (χ0v) is 7.95. The second kappa shape index (κ2) is 3.42. The molecule has 0 spiro atoms. The summed E-state index contributed by atoms with van der Waals surface area (Å²) >= 11 is 0. The summed E-state index contributed by atoms with van der Waals surface area (Å²) in [4.78, 5) is 18.0. The smallest absolute Gasteiger partial charge is 0.321 e. The van der Waals surface area contributed by atoms with Crippen LogP contribution in [0.3, 0.4) is 0 Å². The van der Waals surface area contributed by atoms with E-state index < -0.39 is 12.0 Å². The molecular formula is C9H13N3O2. The summed E-state index contributed by atoms with van der Waals surface area (Å²) in [5.41, 5.74) is 1.91. The molecule has 2 heterocycles. The highest BCUT2D eigenvalue weighted by Crippen LogP contribution is 2.24. The fourth-order valence-corrected chi connectivity index (χ4v) is 1.86. The largest absolute Gasteiger partial charge is 0.480 e. The third kappa shape index (κ3) is 1.39. The van der Waals surface area contributed by atoms with E-state index >= 15 is 0 Å². The Hall–Kier alpha value is -1.36. The number of H-pyrrole nitrogens is 1. The lowest BCUT2D eigenvalue weighted by molar-refractivity contribution is -0.139. The van der Waals surface area contributed by atoms with Crippen molar-refractivity contribution in [3.63, 3.8) is 0 Å². The Bertz CT molecular complexity index is 348. The number of nitrogens with one attached hydrogen (secondary N) is 2. The molecule has 0 saturated carbocycles. The second-order valence-corrected chi connectivity index (χ2v) is 3.49. The van der Waals surface area contributed by atoms with Crippen molar-refractivity contribution >= 4 is 5.97 Å². The molecule has 0 saturated heterocycles. The van der Waals surface area contributed by atoms with Gasteiger partial charge in [0.15, 0.2) is 0 Å². The molecule has 0 aromatic carbocycles. The monoisotopic (exact) mass is 195 g/mol. The van der Waals surface area contributed by atoms with Gasteiger partial charge in [0.25, 0.3) is 0 Å². The Morgan fingerprint density at radius 1 is 1.79 bits per heavy atom. The summed E-state index contributed by atoms with van der Waals surface area (Å²) < 4.78 is 0. The van der Waals surface area contributed by atoms with Crippen molar-refractivity contribution in [2.24, 2.45) is 0 Å². The Morgan fingerprint density at radius 2 is 2.57 bits per heavy atom. The molecule has 14 heavy (non-hydrogen) atoms. The van der Waals surface area contributed by atoms with Crippen LogP contribution in [0.2, 0.25) is 0 Å². The molecule has 0 radical (unpaired) electrons. The van der Waals surface area contributed by atoms with Crippen LogP contribution in [-0.4, -0.2) is 27.1 Å². The van der Waals surface area contributed by atoms with E-state index in [1.165, 1.54) is 0 Å². The molecule has 5 heteroatoms. The molecule has 0 amide bonds. The average Bonchev–Trinajstić information content (AvgIpc) is 2.63. The Balaban J connectivity index is 2.28. The lowest BCUT2D eigenvalue weighted by Gasteiger charge is -2.27. The number of aromatic nitrogens is 2. The summed E-state index contributed by atoms with van der Waals surface area (Å²) in [6.07, 6.45) is 2.95. The maximum absolute atomic E-state index is 10.8. The standard InChI is InChI=1S/C9H13N3O2/c1-2-5-8-6(10-4-11-8)3-7(12-5)9(13)14/h4-5,7,12H,2-3H2,1H3,(H,10,11)(H,13,14)/t5?,7-/m0/s1. The van der Waals surface area contributed by atoms with E-state index in [0.29, 0.717) is 6.42 Å². The van der Waals surface area contributed by atoms with E-state index in [-0.39, 0.29) is 6.04 Å². The lowest BCUT2D eigenvalue weighted by Crippen LogP contribution is -2.44. The molecule has 3 N–H and O–H groups in total. The third-order valence-electron chi connectivity index (χ3n) is 2.61. The number of fused-ring (bicyclic) bond motifs is 1. The summed E-state index contributed by atoms with van der Waals surface area (Å²) in [5.74, 6) is -0.808. The minimum Gasteiger partial charge on any atom is -0.480 e. The highest BCUT2D eigenvalue weighted by Gasteiger charge is 2.30. The Labute approximate surface area is 81.5 Å². The quantitative estimate of drug-likeness (QED) is 0.640. The summed E-state index contributed by atoms with van der Waals surface area (Å²) in [6, 6.07) is -0.418. The van der Waals surface area contributed by atoms with Crippen molar-refractivity contribution in [2.75, 3.05) is 0 Å². The normalized spacial score (nSPS) is 25.8. The van der Waals surface area contributed by atoms with Crippen molar-refractivity contribution < 1.29 is 9.90 Å². The van der Waals surface area contributed by atoms with Crippen LogP contribution in [0, 0.1) is 0 Å². The number of aliphatic carboxylic acids is 1. The Kier molecular flexibility index (Phi) is 2.25. The molecule has 1 aromatic rings. The van der Waals surface area contributed by atoms with Crippen LogP contribution < -0.4 is 5.32 Å². The predicted octanol–water partition coefficient (Wildman–Crippen LogP) is 0.460. The summed E-state index contributed by atoms with van der Waals surface area (Å²) in [6.45, 7) is 2.02. The van der Waals surface area contributed by atoms with Gasteiger partial charge in [-0.15, -0.1) is 0 Å². The van der Waals surface area contributed by atoms with Crippen LogP contribution in [0.1, 0.15) is 30.8 Å². The SMILES string of the molecule is CCC1N[C@H](C(=O)O)Cc2nc[nH]c21. The number of nitrogens with zero attached hydrogens (tertiary/aromatic N) is 1. The summed E-state index contributed by atoms with van der Waals surface area (Å²) in [5, 5.41) is 12.0. The highest BCUT2D eigenvalue weighted by molar-refractivity contribution is 5.74. The van der Waals surface area contributed by atoms with Crippen LogP contribution in [0.4, 0.5) is 0 Å². The van der Waals surface area contributed by atoms with Gasteiger partial charge < -0.3 is 10.1 Å². The number of aromatic amines is 1. The first kappa shape index (κ1) is 9.21. The maximum atomic E-state index is 10.8. The van der Waals surface area contributed by atoms with Gasteiger partial charge in [0.1, 0.15) is 6.04 Å². The number of rotatable bonds is 2. The second-order valence-electron chi connectivity index (χ2n) is 3.49. The zero-order chi connectivity index (χ0) is 10.1. The minimum atomic E-state index is -0.808. The van der Waals surface area contributed by atoms with E-state index in [2.05, 4.69) is 15.3 Å². The number of hydrogen-bond acceptors (Lipinski definition) is 3. The van der Waals surface area contributed by atoms with Crippen molar-refractivity contribution in [3.8, 4) is 0 Å². The molecule has 0 bridgehead atoms. The van der Waals surface area contributed by atoms with Crippen molar-refractivity contribution in [3.05, 3.63) is 17.7 Å². The van der Waals surface area contributed by atoms with Crippen LogP contribution in [-0.2, 0) is 11.2 Å². The fourth-order valence-electron chi connectivity index (χ4n) is 1.86. The summed E-state index contributed by atoms with van der Waals surface area (Å²) in [7, 11) is 0. The van der Waals surface area contributed by atoms with Gasteiger partial charge in [-0.1, -0.05) is 6.92 Å². The highest BCUT2D eigenvalue weighted by atomic mass is 16.4. The minimum absolute atomic E-state index is 0.0855. The maximum Gasteiger partial charge on any atom is 0.321 e. The number of carboxylic acid groups (broad SMARTS) is 1. The first-order valence-corrected chi connectivity index (χ1v) is 4.73. The number of imidazole rings is 1. The van der Waals surface area contributed by atoms with Gasteiger partial charge in [-0.2, -0.15) is 0 Å². The van der Waals surface area contributed by atoms with Crippen molar-refractivity contribution in [1.29, 1.82) is 0 Å². The predicted molar refractivity (Wildman–Crippen MR) is 49.9 cm³/mol. The van der Waals surface area contributed by atoms with E-state index in [0.717, 1.165) is 17.8 Å². The molecule has 76 valence electrons. The molecule has 1 unspecified atom stereocenters. The third-order valence-corrected chi connectivity index (χ3v) is 2.61. The fraction of sp³-hybridized carbons (Fsp3) is 0.556. The molecule has 1 aliphatic rings. The molecule has 1 aliphatic heterocycles. The molecule has 5 nitrogen and oxygen atoms in total. The first-order chi connectivity index (χ1) is 6.72. The van der Waals surface area contributed by atoms with Crippen molar-refractivity contribution in [2.45, 2.75) is 31.8 Å². The van der Waals surface area contributed by atoms with Gasteiger partial charge in [-0.05, 0) is 6.42 Å². The Morgan fingerprint density at radius 3 is 3.21 bits per heavy atom. The molecular weight excluding hydrogens is 182 g/mol. The van der Waals surface area contributed by atoms with Gasteiger partial charge >= 0.3 is 5.97 Å². The van der Waals surface area contributed by atoms with E-state index in [4.69, 9.17) is 5.11 Å². The first-order valence-electron chi connectivity index (χ1n) is 4.73. The zero-order valence-electron chi connectivity index (χ0n) is 7.95. The lowest BCUT2D eigenvalue weighted by atomic mass is 9.98. The van der Waals surface area contributed by atoms with E-state index in [1.807, 2.05) is 6.92 Å². The van der Waals surface area contributed by atoms with Gasteiger partial charge in [-0.3, -0.25) is 10.1 Å². The van der Waals surface area contributed by atoms with Gasteiger partial charge in [-0.25, -0.2) is 4.98 Å². The average molecular weight is 195 g/mol. The van der Waals surface area contributed by atoms with E-state index in [9.17, 15) is 4.79 Å². The van der Waals surface area contributed by atoms with Crippen LogP contribution in [0.5, 0.6) is 0 Å². The van der Waals surface area contributed by atoms with Gasteiger partial charge in [0.05, 0.1) is 17.7 Å². The van der Waals surface area contributed by atoms with Crippen molar-refractivity contribution in [1.82, 2.24) is 15.3 Å². The van der Waals surface area contributed by atoms with Crippen LogP contribution in [0.25, 0.3) is 0 Å². The van der Waals surface area contributed by atoms with Crippen LogP contribution >= 0.6 is 0 Å². The number of carboxylic acids is 1. The van der Waals surface area contributed by atoms with Crippen LogP contribution in [0.15, 0.2) is 6.33 Å². The van der Waals surface area contributed by atoms with Gasteiger partial charge in [0, 0.05) is 12.5 Å². The van der Waals surface area contributed by atoms with E-state index in [1.54, 1.807) is 6.33 Å². The number of hydrogen-bond donors (Lipinski definition) is 3. The number of carbonyl (C=O) groups is 1. The molecule has 0 aliphatic carbocycles. The van der Waals surface area contributed by atoms with Gasteiger partial charge in [0.2, 0.25) is 0 Å². The molecule has 0 fully saturated rings. The molecule has 2 rings (SSSR count). The molecule has 1 aromatic heterocycles. The molecule has 2 atom stereocenters.